The second-order valence-electron chi connectivity index (χ2n) is 6.59. The number of hydrogen-bond donors (Lipinski definition) is 1. The summed E-state index contributed by atoms with van der Waals surface area (Å²) in [6.45, 7) is 5.19. The fourth-order valence-corrected chi connectivity index (χ4v) is 3.87. The lowest BCUT2D eigenvalue weighted by Gasteiger charge is -2.20. The maximum absolute atomic E-state index is 12.8. The molecule has 0 aromatic heterocycles. The first-order valence-corrected chi connectivity index (χ1v) is 8.45. The van der Waals surface area contributed by atoms with Crippen LogP contribution >= 0.6 is 0 Å². The molecular weight excluding hydrogens is 290 g/mol. The van der Waals surface area contributed by atoms with Gasteiger partial charge in [0.15, 0.2) is 0 Å². The SMILES string of the molecule is CCN1CC(C(=O)N2C[C@@H](CN)[C@H](c3ccccc3)C2)CC1=O. The van der Waals surface area contributed by atoms with Crippen molar-refractivity contribution in [1.82, 2.24) is 9.80 Å². The van der Waals surface area contributed by atoms with Gasteiger partial charge in [-0.25, -0.2) is 0 Å². The standard InChI is InChI=1S/C18H25N3O2/c1-2-20-10-14(8-17(20)22)18(23)21-11-15(9-19)16(12-21)13-6-4-3-5-7-13/h3-7,14-16H,2,8-12,19H2,1H3/t14?,15-,16+/m1/s1. The molecule has 3 atom stereocenters. The molecule has 2 fully saturated rings. The van der Waals surface area contributed by atoms with Gasteiger partial charge in [-0.1, -0.05) is 30.3 Å². The van der Waals surface area contributed by atoms with E-state index in [9.17, 15) is 9.59 Å². The van der Waals surface area contributed by atoms with Gasteiger partial charge >= 0.3 is 0 Å². The summed E-state index contributed by atoms with van der Waals surface area (Å²) in [4.78, 5) is 28.4. The Hall–Kier alpha value is -1.88. The minimum absolute atomic E-state index is 0.0973. The molecular formula is C18H25N3O2. The van der Waals surface area contributed by atoms with Gasteiger partial charge in [0, 0.05) is 38.5 Å². The van der Waals surface area contributed by atoms with E-state index in [1.54, 1.807) is 4.90 Å². The molecule has 2 aliphatic rings. The quantitative estimate of drug-likeness (QED) is 0.903. The van der Waals surface area contributed by atoms with Crippen LogP contribution in [0.1, 0.15) is 24.8 Å². The highest BCUT2D eigenvalue weighted by atomic mass is 16.2. The van der Waals surface area contributed by atoms with E-state index in [-0.39, 0.29) is 17.7 Å². The van der Waals surface area contributed by atoms with Crippen molar-refractivity contribution >= 4 is 11.8 Å². The Bertz CT molecular complexity index is 575. The number of nitrogens with zero attached hydrogens (tertiary/aromatic N) is 2. The van der Waals surface area contributed by atoms with Crippen molar-refractivity contribution in [3.63, 3.8) is 0 Å². The Labute approximate surface area is 137 Å². The van der Waals surface area contributed by atoms with E-state index in [2.05, 4.69) is 12.1 Å². The second-order valence-corrected chi connectivity index (χ2v) is 6.59. The molecule has 124 valence electrons. The van der Waals surface area contributed by atoms with Crippen LogP contribution in [-0.2, 0) is 9.59 Å². The highest BCUT2D eigenvalue weighted by Gasteiger charge is 2.41. The van der Waals surface area contributed by atoms with E-state index in [0.717, 1.165) is 0 Å². The molecule has 2 saturated heterocycles. The predicted molar refractivity (Wildman–Crippen MR) is 88.7 cm³/mol. The Morgan fingerprint density at radius 1 is 1.22 bits per heavy atom. The Morgan fingerprint density at radius 2 is 1.96 bits per heavy atom. The van der Waals surface area contributed by atoms with E-state index in [1.165, 1.54) is 5.56 Å². The third-order valence-corrected chi connectivity index (χ3v) is 5.23. The summed E-state index contributed by atoms with van der Waals surface area (Å²) >= 11 is 0. The number of hydrogen-bond acceptors (Lipinski definition) is 3. The Balaban J connectivity index is 1.70. The number of nitrogens with two attached hydrogens (primary N) is 1. The largest absolute Gasteiger partial charge is 0.342 e. The van der Waals surface area contributed by atoms with Crippen molar-refractivity contribution in [3.8, 4) is 0 Å². The Morgan fingerprint density at radius 3 is 2.57 bits per heavy atom. The van der Waals surface area contributed by atoms with Crippen molar-refractivity contribution in [2.75, 3.05) is 32.7 Å². The van der Waals surface area contributed by atoms with Crippen LogP contribution in [0.3, 0.4) is 0 Å². The van der Waals surface area contributed by atoms with Crippen LogP contribution in [0.2, 0.25) is 0 Å². The highest BCUT2D eigenvalue weighted by Crippen LogP contribution is 2.33. The molecule has 1 aromatic rings. The molecule has 0 aliphatic carbocycles. The van der Waals surface area contributed by atoms with Gasteiger partial charge in [-0.2, -0.15) is 0 Å². The minimum Gasteiger partial charge on any atom is -0.342 e. The summed E-state index contributed by atoms with van der Waals surface area (Å²) in [7, 11) is 0. The minimum atomic E-state index is -0.185. The smallest absolute Gasteiger partial charge is 0.228 e. The van der Waals surface area contributed by atoms with Crippen LogP contribution in [0.25, 0.3) is 0 Å². The molecule has 0 bridgehead atoms. The number of carbonyl (C=O) groups excluding carboxylic acids is 2. The Kier molecular flexibility index (Phi) is 4.66. The van der Waals surface area contributed by atoms with Gasteiger partial charge in [0.2, 0.25) is 11.8 Å². The van der Waals surface area contributed by atoms with E-state index in [1.807, 2.05) is 30.0 Å². The van der Waals surface area contributed by atoms with Gasteiger partial charge in [0.1, 0.15) is 0 Å². The lowest BCUT2D eigenvalue weighted by atomic mass is 9.89. The fraction of sp³-hybridized carbons (Fsp3) is 0.556. The number of amides is 2. The van der Waals surface area contributed by atoms with Gasteiger partial charge in [0.05, 0.1) is 5.92 Å². The molecule has 1 aromatic carbocycles. The predicted octanol–water partition coefficient (Wildman–Crippen LogP) is 1.06. The second kappa shape index (κ2) is 6.71. The van der Waals surface area contributed by atoms with Crippen LogP contribution in [0, 0.1) is 11.8 Å². The van der Waals surface area contributed by atoms with Crippen molar-refractivity contribution in [3.05, 3.63) is 35.9 Å². The molecule has 0 saturated carbocycles. The van der Waals surface area contributed by atoms with Crippen LogP contribution in [0.4, 0.5) is 0 Å². The van der Waals surface area contributed by atoms with Crippen molar-refractivity contribution in [2.45, 2.75) is 19.3 Å². The molecule has 2 amide bonds. The van der Waals surface area contributed by atoms with Gasteiger partial charge in [-0.15, -0.1) is 0 Å². The van der Waals surface area contributed by atoms with E-state index in [0.29, 0.717) is 51.0 Å². The zero-order chi connectivity index (χ0) is 16.4. The first-order valence-electron chi connectivity index (χ1n) is 8.45. The first-order chi connectivity index (χ1) is 11.1. The van der Waals surface area contributed by atoms with E-state index >= 15 is 0 Å². The normalized spacial score (nSPS) is 27.7. The summed E-state index contributed by atoms with van der Waals surface area (Å²) < 4.78 is 0. The van der Waals surface area contributed by atoms with Crippen LogP contribution in [0.5, 0.6) is 0 Å². The molecule has 5 nitrogen and oxygen atoms in total. The number of benzene rings is 1. The van der Waals surface area contributed by atoms with Gasteiger partial charge < -0.3 is 15.5 Å². The molecule has 0 spiro atoms. The van der Waals surface area contributed by atoms with Crippen LogP contribution < -0.4 is 5.73 Å². The average molecular weight is 315 g/mol. The zero-order valence-electron chi connectivity index (χ0n) is 13.6. The first kappa shape index (κ1) is 16.0. The van der Waals surface area contributed by atoms with Gasteiger partial charge in [-0.05, 0) is 24.9 Å². The molecule has 0 radical (unpaired) electrons. The monoisotopic (exact) mass is 315 g/mol. The topological polar surface area (TPSA) is 66.6 Å². The van der Waals surface area contributed by atoms with Crippen LogP contribution in [-0.4, -0.2) is 54.3 Å². The summed E-state index contributed by atoms with van der Waals surface area (Å²) in [5, 5.41) is 0. The van der Waals surface area contributed by atoms with Crippen molar-refractivity contribution in [1.29, 1.82) is 0 Å². The highest BCUT2D eigenvalue weighted by molar-refractivity contribution is 5.89. The molecule has 2 heterocycles. The van der Waals surface area contributed by atoms with Gasteiger partial charge in [-0.3, -0.25) is 9.59 Å². The average Bonchev–Trinajstić information content (AvgIpc) is 3.18. The summed E-state index contributed by atoms with van der Waals surface area (Å²) in [5.74, 6) is 0.617. The van der Waals surface area contributed by atoms with E-state index < -0.39 is 0 Å². The van der Waals surface area contributed by atoms with Crippen molar-refractivity contribution < 1.29 is 9.59 Å². The summed E-state index contributed by atoms with van der Waals surface area (Å²) in [6.07, 6.45) is 0.354. The maximum atomic E-state index is 12.8. The summed E-state index contributed by atoms with van der Waals surface area (Å²) in [6, 6.07) is 10.3. The molecule has 1 unspecified atom stereocenters. The third-order valence-electron chi connectivity index (χ3n) is 5.23. The maximum Gasteiger partial charge on any atom is 0.228 e. The van der Waals surface area contributed by atoms with E-state index in [4.69, 9.17) is 5.73 Å². The van der Waals surface area contributed by atoms with Crippen molar-refractivity contribution in [2.24, 2.45) is 17.6 Å². The number of rotatable bonds is 4. The third kappa shape index (κ3) is 3.11. The molecule has 2 N–H and O–H groups in total. The van der Waals surface area contributed by atoms with Crippen LogP contribution in [0.15, 0.2) is 30.3 Å². The molecule has 23 heavy (non-hydrogen) atoms. The number of carbonyl (C=O) groups is 2. The molecule has 5 heteroatoms. The zero-order valence-corrected chi connectivity index (χ0v) is 13.6. The molecule has 3 rings (SSSR count). The fourth-order valence-electron chi connectivity index (χ4n) is 3.87. The lowest BCUT2D eigenvalue weighted by Crippen LogP contribution is -2.36. The van der Waals surface area contributed by atoms with Gasteiger partial charge in [0.25, 0.3) is 0 Å². The summed E-state index contributed by atoms with van der Waals surface area (Å²) in [5.41, 5.74) is 7.19. The number of likely N-dealkylation sites (tertiary alicyclic amines) is 2. The lowest BCUT2D eigenvalue weighted by molar-refractivity contribution is -0.135. The molecule has 2 aliphatic heterocycles.